The van der Waals surface area contributed by atoms with Gasteiger partial charge in [-0.15, -0.1) is 0 Å². The number of piperazine rings is 1. The second-order valence-electron chi connectivity index (χ2n) is 11.8. The maximum absolute atomic E-state index is 12.5. The average molecular weight is 520 g/mol. The molecule has 0 saturated carbocycles. The summed E-state index contributed by atoms with van der Waals surface area (Å²) in [6.45, 7) is 13.9. The van der Waals surface area contributed by atoms with Crippen molar-refractivity contribution in [3.8, 4) is 0 Å². The van der Waals surface area contributed by atoms with E-state index in [-0.39, 0.29) is 6.09 Å². The number of fused-ring (bicyclic) bond motifs is 1. The van der Waals surface area contributed by atoms with Crippen molar-refractivity contribution in [1.82, 2.24) is 19.8 Å². The van der Waals surface area contributed by atoms with Crippen LogP contribution in [0.1, 0.15) is 50.8 Å². The molecule has 0 radical (unpaired) electrons. The molecule has 1 atom stereocenters. The number of nitrogens with two attached hydrogens (primary N) is 1. The number of benzene rings is 1. The lowest BCUT2D eigenvalue weighted by molar-refractivity contribution is 0.0270. The van der Waals surface area contributed by atoms with Crippen molar-refractivity contribution in [2.24, 2.45) is 0 Å². The molecule has 0 spiro atoms. The molecular formula is C29H41N7O2. The summed E-state index contributed by atoms with van der Waals surface area (Å²) in [5.41, 5.74) is 10.9. The van der Waals surface area contributed by atoms with Crippen LogP contribution in [0.15, 0.2) is 30.3 Å². The lowest BCUT2D eigenvalue weighted by atomic mass is 9.90. The number of likely N-dealkylation sites (N-methyl/N-ethyl adjacent to an activating group) is 1. The summed E-state index contributed by atoms with van der Waals surface area (Å²) in [6.07, 6.45) is 3.68. The number of carbonyl (C=O) groups is 1. The standard InChI is InChI=1S/C29H41N7O2/c1-20-16-22-6-7-23(21-8-10-35(11-9-21)28(37)38-29(2,3)4)17-24(22)19-36(20)26-18-25(31-27(30)32-26)34-14-12-33(5)13-15-34/h6-8,17-18,20H,9-16,19H2,1-5H3,(H2,30,31,32). The first kappa shape index (κ1) is 26.3. The van der Waals surface area contributed by atoms with Crippen molar-refractivity contribution >= 4 is 29.3 Å². The van der Waals surface area contributed by atoms with Crippen molar-refractivity contribution in [2.45, 2.75) is 58.7 Å². The Morgan fingerprint density at radius 3 is 2.45 bits per heavy atom. The third kappa shape index (κ3) is 5.88. The van der Waals surface area contributed by atoms with Crippen molar-refractivity contribution < 1.29 is 9.53 Å². The first-order chi connectivity index (χ1) is 18.1. The fraction of sp³-hybridized carbons (Fsp3) is 0.552. The van der Waals surface area contributed by atoms with Gasteiger partial charge in [0, 0.05) is 57.9 Å². The van der Waals surface area contributed by atoms with Gasteiger partial charge in [-0.1, -0.05) is 18.2 Å². The second kappa shape index (κ2) is 10.4. The molecule has 0 aliphatic carbocycles. The third-order valence-corrected chi connectivity index (χ3v) is 7.66. The molecule has 1 saturated heterocycles. The molecule has 3 aliphatic heterocycles. The normalized spacial score (nSPS) is 20.7. The predicted octanol–water partition coefficient (Wildman–Crippen LogP) is 3.79. The molecular weight excluding hydrogens is 478 g/mol. The Labute approximate surface area is 226 Å². The van der Waals surface area contributed by atoms with E-state index in [2.05, 4.69) is 69.0 Å². The Kier molecular flexibility index (Phi) is 7.22. The van der Waals surface area contributed by atoms with Gasteiger partial charge in [-0.2, -0.15) is 9.97 Å². The number of ether oxygens (including phenoxy) is 1. The van der Waals surface area contributed by atoms with E-state index in [0.29, 0.717) is 25.1 Å². The molecule has 9 heteroatoms. The topological polar surface area (TPSA) is 91.1 Å². The van der Waals surface area contributed by atoms with Gasteiger partial charge in [-0.05, 0) is 75.9 Å². The van der Waals surface area contributed by atoms with Crippen LogP contribution in [0.25, 0.3) is 5.57 Å². The summed E-state index contributed by atoms with van der Waals surface area (Å²) in [7, 11) is 2.15. The van der Waals surface area contributed by atoms with E-state index in [9.17, 15) is 4.79 Å². The number of amides is 1. The van der Waals surface area contributed by atoms with E-state index in [1.165, 1.54) is 22.3 Å². The molecule has 3 aliphatic rings. The predicted molar refractivity (Wildman–Crippen MR) is 152 cm³/mol. The van der Waals surface area contributed by atoms with Gasteiger partial charge in [0.1, 0.15) is 17.2 Å². The van der Waals surface area contributed by atoms with Crippen LogP contribution < -0.4 is 15.5 Å². The van der Waals surface area contributed by atoms with E-state index < -0.39 is 5.60 Å². The number of carbonyl (C=O) groups excluding carboxylic acids is 1. The van der Waals surface area contributed by atoms with Gasteiger partial charge >= 0.3 is 6.09 Å². The zero-order chi connectivity index (χ0) is 27.0. The molecule has 2 aromatic rings. The summed E-state index contributed by atoms with van der Waals surface area (Å²) in [5.74, 6) is 2.12. The van der Waals surface area contributed by atoms with Gasteiger partial charge in [0.2, 0.25) is 5.95 Å². The Balaban J connectivity index is 1.32. The third-order valence-electron chi connectivity index (χ3n) is 7.66. The summed E-state index contributed by atoms with van der Waals surface area (Å²) in [4.78, 5) is 30.4. The molecule has 1 amide bonds. The van der Waals surface area contributed by atoms with Gasteiger partial charge in [0.15, 0.2) is 0 Å². The van der Waals surface area contributed by atoms with Crippen LogP contribution in [0.4, 0.5) is 22.4 Å². The van der Waals surface area contributed by atoms with Gasteiger partial charge in [-0.3, -0.25) is 0 Å². The quantitative estimate of drug-likeness (QED) is 0.655. The maximum Gasteiger partial charge on any atom is 0.410 e. The Hall–Kier alpha value is -3.33. The molecule has 1 aromatic carbocycles. The minimum Gasteiger partial charge on any atom is -0.444 e. The number of hydrogen-bond acceptors (Lipinski definition) is 8. The van der Waals surface area contributed by atoms with Crippen LogP contribution in [-0.4, -0.2) is 83.8 Å². The molecule has 204 valence electrons. The summed E-state index contributed by atoms with van der Waals surface area (Å²) < 4.78 is 5.54. The second-order valence-corrected chi connectivity index (χ2v) is 11.8. The summed E-state index contributed by atoms with van der Waals surface area (Å²) in [5, 5.41) is 0. The van der Waals surface area contributed by atoms with E-state index in [4.69, 9.17) is 10.5 Å². The zero-order valence-electron chi connectivity index (χ0n) is 23.4. The van der Waals surface area contributed by atoms with E-state index in [0.717, 1.165) is 57.2 Å². The number of hydrogen-bond donors (Lipinski definition) is 1. The van der Waals surface area contributed by atoms with Crippen molar-refractivity contribution in [1.29, 1.82) is 0 Å². The van der Waals surface area contributed by atoms with Crippen LogP contribution in [0.5, 0.6) is 0 Å². The molecule has 5 rings (SSSR count). The lowest BCUT2D eigenvalue weighted by Crippen LogP contribution is -2.45. The molecule has 0 bridgehead atoms. The van der Waals surface area contributed by atoms with Gasteiger partial charge in [0.25, 0.3) is 0 Å². The van der Waals surface area contributed by atoms with Gasteiger partial charge in [-0.25, -0.2) is 4.79 Å². The van der Waals surface area contributed by atoms with Gasteiger partial charge < -0.3 is 30.1 Å². The molecule has 1 unspecified atom stereocenters. The van der Waals surface area contributed by atoms with Crippen LogP contribution in [0.2, 0.25) is 0 Å². The number of rotatable bonds is 3. The number of nitrogen functional groups attached to an aromatic ring is 1. The number of nitrogens with zero attached hydrogens (tertiary/aromatic N) is 6. The fourth-order valence-electron chi connectivity index (χ4n) is 5.45. The first-order valence-electron chi connectivity index (χ1n) is 13.7. The van der Waals surface area contributed by atoms with Crippen LogP contribution in [-0.2, 0) is 17.7 Å². The zero-order valence-corrected chi connectivity index (χ0v) is 23.4. The molecule has 38 heavy (non-hydrogen) atoms. The van der Waals surface area contributed by atoms with E-state index in [1.54, 1.807) is 4.90 Å². The highest BCUT2D eigenvalue weighted by molar-refractivity contribution is 5.73. The molecule has 1 aromatic heterocycles. The largest absolute Gasteiger partial charge is 0.444 e. The summed E-state index contributed by atoms with van der Waals surface area (Å²) in [6, 6.07) is 9.21. The molecule has 1 fully saturated rings. The lowest BCUT2D eigenvalue weighted by Gasteiger charge is -2.37. The van der Waals surface area contributed by atoms with Gasteiger partial charge in [0.05, 0.1) is 0 Å². The van der Waals surface area contributed by atoms with Crippen LogP contribution in [0, 0.1) is 0 Å². The number of aromatic nitrogens is 2. The molecule has 2 N–H and O–H groups in total. The van der Waals surface area contributed by atoms with Crippen molar-refractivity contribution in [3.63, 3.8) is 0 Å². The molecule has 9 nitrogen and oxygen atoms in total. The average Bonchev–Trinajstić information content (AvgIpc) is 2.87. The Bertz CT molecular complexity index is 1210. The monoisotopic (exact) mass is 519 g/mol. The smallest absolute Gasteiger partial charge is 0.410 e. The minimum absolute atomic E-state index is 0.247. The SMILES string of the molecule is CC1Cc2ccc(C3=CCN(C(=O)OC(C)(C)C)CC3)cc2CN1c1cc(N2CCN(C)CC2)nc(N)n1. The van der Waals surface area contributed by atoms with Crippen LogP contribution >= 0.6 is 0 Å². The number of anilines is 3. The highest BCUT2D eigenvalue weighted by atomic mass is 16.6. The van der Waals surface area contributed by atoms with Crippen molar-refractivity contribution in [3.05, 3.63) is 47.0 Å². The Morgan fingerprint density at radius 1 is 1.03 bits per heavy atom. The minimum atomic E-state index is -0.484. The summed E-state index contributed by atoms with van der Waals surface area (Å²) >= 11 is 0. The highest BCUT2D eigenvalue weighted by Crippen LogP contribution is 2.33. The highest BCUT2D eigenvalue weighted by Gasteiger charge is 2.28. The van der Waals surface area contributed by atoms with E-state index in [1.807, 2.05) is 20.8 Å². The maximum atomic E-state index is 12.5. The first-order valence-corrected chi connectivity index (χ1v) is 13.7. The fourth-order valence-corrected chi connectivity index (χ4v) is 5.45. The van der Waals surface area contributed by atoms with Crippen LogP contribution in [0.3, 0.4) is 0 Å². The van der Waals surface area contributed by atoms with E-state index >= 15 is 0 Å². The molecule has 4 heterocycles. The van der Waals surface area contributed by atoms with Crippen molar-refractivity contribution in [2.75, 3.05) is 61.8 Å². The Morgan fingerprint density at radius 2 is 1.76 bits per heavy atom.